The number of hydrogen-bond donors (Lipinski definition) is 1. The molecule has 1 aromatic rings. The molecular weight excluding hydrogens is 312 g/mol. The fourth-order valence-corrected chi connectivity index (χ4v) is 5.36. The van der Waals surface area contributed by atoms with Gasteiger partial charge >= 0.3 is 5.97 Å². The van der Waals surface area contributed by atoms with Gasteiger partial charge in [-0.15, -0.1) is 0 Å². The van der Waals surface area contributed by atoms with E-state index in [2.05, 4.69) is 23.8 Å². The van der Waals surface area contributed by atoms with E-state index in [0.717, 1.165) is 31.4 Å². The van der Waals surface area contributed by atoms with E-state index in [0.29, 0.717) is 18.4 Å². The Labute approximate surface area is 150 Å². The summed E-state index contributed by atoms with van der Waals surface area (Å²) in [6.45, 7) is 8.15. The van der Waals surface area contributed by atoms with Crippen LogP contribution in [0.5, 0.6) is 0 Å². The second-order valence-corrected chi connectivity index (χ2v) is 8.40. The van der Waals surface area contributed by atoms with Crippen molar-refractivity contribution in [2.75, 3.05) is 6.54 Å². The lowest BCUT2D eigenvalue weighted by Crippen LogP contribution is -2.45. The Kier molecular flexibility index (Phi) is 4.40. The standard InChI is InChI=1S/C21H28N2O2/c1-14-5-3-7-21(2)10-19-16(9-18(14)21)17(20(24)25-19)13-23-12-15-6-4-8-22-11-15/h4,6,8,11,16-19,23H,1,3,5,7,9-10,12-13H2,2H3/t16-,17+,18-,19-,21+/m0/s1. The van der Waals surface area contributed by atoms with Crippen molar-refractivity contribution in [2.45, 2.75) is 51.7 Å². The Morgan fingerprint density at radius 3 is 3.16 bits per heavy atom. The average Bonchev–Trinajstić information content (AvgIpc) is 2.88. The lowest BCUT2D eigenvalue weighted by atomic mass is 9.55. The SMILES string of the molecule is C=C1CCC[C@]2(C)C[C@@H]3OC(=O)[C@H](CNCc4cccnc4)[C@@H]3C[C@@H]12. The molecule has 0 aromatic carbocycles. The quantitative estimate of drug-likeness (QED) is 0.673. The Hall–Kier alpha value is -1.68. The molecule has 0 radical (unpaired) electrons. The minimum absolute atomic E-state index is 0.0125. The number of ether oxygens (including phenoxy) is 1. The summed E-state index contributed by atoms with van der Waals surface area (Å²) in [6, 6.07) is 3.99. The van der Waals surface area contributed by atoms with Crippen molar-refractivity contribution in [3.8, 4) is 0 Å². The van der Waals surface area contributed by atoms with Crippen molar-refractivity contribution in [1.29, 1.82) is 0 Å². The van der Waals surface area contributed by atoms with E-state index in [1.165, 1.54) is 18.4 Å². The number of pyridine rings is 1. The molecule has 2 aliphatic carbocycles. The van der Waals surface area contributed by atoms with Crippen LogP contribution in [0.25, 0.3) is 0 Å². The molecule has 1 saturated heterocycles. The van der Waals surface area contributed by atoms with Gasteiger partial charge in [-0.1, -0.05) is 25.1 Å². The second kappa shape index (κ2) is 6.56. The predicted octanol–water partition coefficient (Wildman–Crippen LogP) is 3.49. The zero-order chi connectivity index (χ0) is 17.4. The topological polar surface area (TPSA) is 51.2 Å². The zero-order valence-electron chi connectivity index (χ0n) is 15.0. The maximum Gasteiger partial charge on any atom is 0.310 e. The minimum atomic E-state index is -0.0269. The molecular formula is C21H28N2O2. The van der Waals surface area contributed by atoms with Gasteiger partial charge in [0, 0.05) is 31.4 Å². The predicted molar refractivity (Wildman–Crippen MR) is 96.6 cm³/mol. The lowest BCUT2D eigenvalue weighted by molar-refractivity contribution is -0.146. The highest BCUT2D eigenvalue weighted by molar-refractivity contribution is 5.75. The number of esters is 1. The van der Waals surface area contributed by atoms with Crippen LogP contribution >= 0.6 is 0 Å². The van der Waals surface area contributed by atoms with Crippen LogP contribution < -0.4 is 5.32 Å². The molecule has 1 N–H and O–H groups in total. The zero-order valence-corrected chi connectivity index (χ0v) is 15.0. The van der Waals surface area contributed by atoms with Crippen molar-refractivity contribution in [1.82, 2.24) is 10.3 Å². The molecule has 3 fully saturated rings. The number of nitrogens with zero attached hydrogens (tertiary/aromatic N) is 1. The van der Waals surface area contributed by atoms with E-state index in [4.69, 9.17) is 4.74 Å². The molecule has 0 bridgehead atoms. The maximum absolute atomic E-state index is 12.5. The van der Waals surface area contributed by atoms with Gasteiger partial charge < -0.3 is 10.1 Å². The molecule has 2 heterocycles. The van der Waals surface area contributed by atoms with Crippen LogP contribution in [0.3, 0.4) is 0 Å². The van der Waals surface area contributed by atoms with Gasteiger partial charge in [-0.3, -0.25) is 9.78 Å². The second-order valence-electron chi connectivity index (χ2n) is 8.40. The largest absolute Gasteiger partial charge is 0.462 e. The fourth-order valence-electron chi connectivity index (χ4n) is 5.36. The molecule has 5 atom stereocenters. The molecule has 0 spiro atoms. The van der Waals surface area contributed by atoms with Crippen molar-refractivity contribution < 1.29 is 9.53 Å². The van der Waals surface area contributed by atoms with E-state index in [1.807, 2.05) is 18.3 Å². The average molecular weight is 340 g/mol. The molecule has 2 saturated carbocycles. The van der Waals surface area contributed by atoms with Gasteiger partial charge in [0.2, 0.25) is 0 Å². The van der Waals surface area contributed by atoms with Gasteiger partial charge in [-0.05, 0) is 55.1 Å². The monoisotopic (exact) mass is 340 g/mol. The van der Waals surface area contributed by atoms with Crippen molar-refractivity contribution >= 4 is 5.97 Å². The summed E-state index contributed by atoms with van der Waals surface area (Å²) in [5.74, 6) is 0.849. The van der Waals surface area contributed by atoms with Crippen LogP contribution in [0.1, 0.15) is 44.6 Å². The molecule has 1 aromatic heterocycles. The summed E-state index contributed by atoms with van der Waals surface area (Å²) >= 11 is 0. The molecule has 4 rings (SSSR count). The normalized spacial score (nSPS) is 37.3. The Morgan fingerprint density at radius 1 is 1.48 bits per heavy atom. The van der Waals surface area contributed by atoms with Gasteiger partial charge in [-0.25, -0.2) is 0 Å². The van der Waals surface area contributed by atoms with Gasteiger partial charge in [0.25, 0.3) is 0 Å². The summed E-state index contributed by atoms with van der Waals surface area (Å²) in [6.07, 6.45) is 9.42. The first-order valence-electron chi connectivity index (χ1n) is 9.54. The van der Waals surface area contributed by atoms with Crippen LogP contribution in [-0.4, -0.2) is 23.6 Å². The van der Waals surface area contributed by atoms with Crippen LogP contribution in [0.15, 0.2) is 36.7 Å². The number of aromatic nitrogens is 1. The van der Waals surface area contributed by atoms with Crippen molar-refractivity contribution in [3.05, 3.63) is 42.2 Å². The van der Waals surface area contributed by atoms with Crippen LogP contribution in [0, 0.1) is 23.2 Å². The highest BCUT2D eigenvalue weighted by atomic mass is 16.6. The number of hydrogen-bond acceptors (Lipinski definition) is 4. The number of rotatable bonds is 4. The summed E-state index contributed by atoms with van der Waals surface area (Å²) in [7, 11) is 0. The fraction of sp³-hybridized carbons (Fsp3) is 0.619. The van der Waals surface area contributed by atoms with Gasteiger partial charge in [0.15, 0.2) is 0 Å². The molecule has 0 amide bonds. The maximum atomic E-state index is 12.5. The van der Waals surface area contributed by atoms with Gasteiger partial charge in [0.1, 0.15) is 6.10 Å². The van der Waals surface area contributed by atoms with E-state index in [9.17, 15) is 4.79 Å². The van der Waals surface area contributed by atoms with E-state index in [-0.39, 0.29) is 23.4 Å². The van der Waals surface area contributed by atoms with Gasteiger partial charge in [0.05, 0.1) is 5.92 Å². The molecule has 3 aliphatic rings. The third kappa shape index (κ3) is 3.12. The highest BCUT2D eigenvalue weighted by Crippen LogP contribution is 2.56. The molecule has 0 unspecified atom stereocenters. The number of nitrogens with one attached hydrogen (secondary N) is 1. The minimum Gasteiger partial charge on any atom is -0.462 e. The lowest BCUT2D eigenvalue weighted by Gasteiger charge is -2.50. The Balaban J connectivity index is 1.42. The molecule has 4 nitrogen and oxygen atoms in total. The molecule has 25 heavy (non-hydrogen) atoms. The van der Waals surface area contributed by atoms with Crippen LogP contribution in [0.4, 0.5) is 0 Å². The first-order valence-corrected chi connectivity index (χ1v) is 9.54. The van der Waals surface area contributed by atoms with Crippen molar-refractivity contribution in [2.24, 2.45) is 23.2 Å². The Morgan fingerprint density at radius 2 is 2.36 bits per heavy atom. The van der Waals surface area contributed by atoms with Gasteiger partial charge in [-0.2, -0.15) is 0 Å². The Bertz CT molecular complexity index is 659. The number of allylic oxidation sites excluding steroid dienone is 1. The number of carbonyl (C=O) groups excluding carboxylic acids is 1. The van der Waals surface area contributed by atoms with E-state index < -0.39 is 0 Å². The molecule has 1 aliphatic heterocycles. The van der Waals surface area contributed by atoms with E-state index >= 15 is 0 Å². The first kappa shape index (κ1) is 16.8. The third-order valence-electron chi connectivity index (χ3n) is 6.74. The number of fused-ring (bicyclic) bond motifs is 2. The smallest absolute Gasteiger partial charge is 0.310 e. The molecule has 4 heteroatoms. The van der Waals surface area contributed by atoms with E-state index in [1.54, 1.807) is 6.20 Å². The van der Waals surface area contributed by atoms with Crippen LogP contribution in [-0.2, 0) is 16.1 Å². The summed E-state index contributed by atoms with van der Waals surface area (Å²) in [4.78, 5) is 16.6. The molecule has 134 valence electrons. The summed E-state index contributed by atoms with van der Waals surface area (Å²) in [5, 5.41) is 3.44. The van der Waals surface area contributed by atoms with Crippen molar-refractivity contribution in [3.63, 3.8) is 0 Å². The first-order chi connectivity index (χ1) is 12.1. The summed E-state index contributed by atoms with van der Waals surface area (Å²) in [5.41, 5.74) is 2.81. The number of carbonyl (C=O) groups is 1. The third-order valence-corrected chi connectivity index (χ3v) is 6.74. The summed E-state index contributed by atoms with van der Waals surface area (Å²) < 4.78 is 5.81. The van der Waals surface area contributed by atoms with Crippen LogP contribution in [0.2, 0.25) is 0 Å². The highest BCUT2D eigenvalue weighted by Gasteiger charge is 2.54.